The summed E-state index contributed by atoms with van der Waals surface area (Å²) in [6.45, 7) is 2.99. The van der Waals surface area contributed by atoms with Gasteiger partial charge < -0.3 is 20.7 Å². The van der Waals surface area contributed by atoms with E-state index in [1.54, 1.807) is 12.1 Å². The van der Waals surface area contributed by atoms with E-state index in [0.717, 1.165) is 4.47 Å². The highest BCUT2D eigenvalue weighted by atomic mass is 79.9. The predicted octanol–water partition coefficient (Wildman–Crippen LogP) is 1.30. The Morgan fingerprint density at radius 3 is 2.68 bits per heavy atom. The van der Waals surface area contributed by atoms with Gasteiger partial charge in [-0.3, -0.25) is 9.59 Å². The first-order valence-corrected chi connectivity index (χ1v) is 7.53. The fourth-order valence-corrected chi connectivity index (χ4v) is 2.31. The molecule has 1 fully saturated rings. The molecule has 122 valence electrons. The van der Waals surface area contributed by atoms with E-state index in [1.807, 2.05) is 19.1 Å². The average molecular weight is 393 g/mol. The highest BCUT2D eigenvalue weighted by Gasteiger charge is 2.28. The van der Waals surface area contributed by atoms with Crippen LogP contribution in [0.3, 0.4) is 0 Å². The Kier molecular flexibility index (Phi) is 7.81. The second-order valence-corrected chi connectivity index (χ2v) is 5.70. The van der Waals surface area contributed by atoms with Crippen molar-refractivity contribution in [3.05, 3.63) is 28.7 Å². The van der Waals surface area contributed by atoms with Crippen molar-refractivity contribution in [1.82, 2.24) is 10.6 Å². The maximum atomic E-state index is 12.0. The minimum atomic E-state index is -0.417. The van der Waals surface area contributed by atoms with Crippen molar-refractivity contribution in [2.75, 3.05) is 25.0 Å². The fraction of sp³-hybridized carbons (Fsp3) is 0.429. The summed E-state index contributed by atoms with van der Waals surface area (Å²) in [5.41, 5.74) is 0.685. The summed E-state index contributed by atoms with van der Waals surface area (Å²) in [6.07, 6.45) is -0.201. The van der Waals surface area contributed by atoms with Crippen molar-refractivity contribution in [2.45, 2.75) is 19.1 Å². The fourth-order valence-electron chi connectivity index (χ4n) is 2.04. The molecule has 0 spiro atoms. The zero-order valence-electron chi connectivity index (χ0n) is 12.1. The molecule has 1 heterocycles. The Morgan fingerprint density at radius 1 is 1.36 bits per heavy atom. The first kappa shape index (κ1) is 18.9. The van der Waals surface area contributed by atoms with Crippen molar-refractivity contribution in [2.24, 2.45) is 0 Å². The van der Waals surface area contributed by atoms with Crippen LogP contribution in [-0.2, 0) is 14.3 Å². The van der Waals surface area contributed by atoms with Crippen molar-refractivity contribution in [1.29, 1.82) is 0 Å². The van der Waals surface area contributed by atoms with Gasteiger partial charge in [0.2, 0.25) is 11.8 Å². The molecule has 2 rings (SSSR count). The summed E-state index contributed by atoms with van der Waals surface area (Å²) in [6, 6.07) is 6.81. The number of carbonyl (C=O) groups excluding carboxylic acids is 2. The number of carbonyl (C=O) groups is 2. The molecule has 0 unspecified atom stereocenters. The van der Waals surface area contributed by atoms with Gasteiger partial charge in [0.1, 0.15) is 6.04 Å². The second-order valence-electron chi connectivity index (χ2n) is 4.78. The third-order valence-corrected chi connectivity index (χ3v) is 3.68. The zero-order chi connectivity index (χ0) is 15.2. The first-order chi connectivity index (χ1) is 10.1. The lowest BCUT2D eigenvalue weighted by atomic mass is 10.1. The van der Waals surface area contributed by atoms with Crippen LogP contribution >= 0.6 is 28.3 Å². The quantitative estimate of drug-likeness (QED) is 0.722. The number of benzene rings is 1. The van der Waals surface area contributed by atoms with Gasteiger partial charge in [-0.05, 0) is 31.2 Å². The van der Waals surface area contributed by atoms with Crippen molar-refractivity contribution < 1.29 is 14.3 Å². The smallest absolute Gasteiger partial charge is 0.243 e. The Bertz CT molecular complexity index is 513. The molecule has 0 aromatic heterocycles. The van der Waals surface area contributed by atoms with E-state index in [9.17, 15) is 9.59 Å². The van der Waals surface area contributed by atoms with Gasteiger partial charge >= 0.3 is 0 Å². The molecule has 2 atom stereocenters. The van der Waals surface area contributed by atoms with Gasteiger partial charge in [-0.1, -0.05) is 15.9 Å². The van der Waals surface area contributed by atoms with Gasteiger partial charge in [-0.2, -0.15) is 0 Å². The van der Waals surface area contributed by atoms with E-state index in [1.165, 1.54) is 0 Å². The standard InChI is InChI=1S/C14H18BrN3O3.ClH/c1-9-13(16-6-7-21-9)14(20)17-8-12(19)18-11-4-2-10(15)3-5-11;/h2-5,9,13,16H,6-8H2,1H3,(H,17,20)(H,18,19);1H/t9-,13+;/m1./s1. The topological polar surface area (TPSA) is 79.5 Å². The average Bonchev–Trinajstić information content (AvgIpc) is 2.48. The van der Waals surface area contributed by atoms with Crippen LogP contribution < -0.4 is 16.0 Å². The molecule has 2 amide bonds. The van der Waals surface area contributed by atoms with E-state index in [0.29, 0.717) is 18.8 Å². The van der Waals surface area contributed by atoms with E-state index >= 15 is 0 Å². The Morgan fingerprint density at radius 2 is 2.05 bits per heavy atom. The Labute approximate surface area is 143 Å². The van der Waals surface area contributed by atoms with Crippen molar-refractivity contribution >= 4 is 45.8 Å². The summed E-state index contributed by atoms with van der Waals surface area (Å²) >= 11 is 3.32. The second kappa shape index (κ2) is 9.09. The van der Waals surface area contributed by atoms with Crippen LogP contribution in [-0.4, -0.2) is 43.7 Å². The lowest BCUT2D eigenvalue weighted by Crippen LogP contribution is -2.56. The monoisotopic (exact) mass is 391 g/mol. The molecule has 1 aromatic carbocycles. The molecule has 0 aliphatic carbocycles. The number of hydrogen-bond acceptors (Lipinski definition) is 4. The van der Waals surface area contributed by atoms with Crippen LogP contribution in [0.5, 0.6) is 0 Å². The lowest BCUT2D eigenvalue weighted by Gasteiger charge is -2.29. The maximum absolute atomic E-state index is 12.0. The molecular formula is C14H19BrClN3O3. The highest BCUT2D eigenvalue weighted by Crippen LogP contribution is 2.13. The van der Waals surface area contributed by atoms with Crippen LogP contribution in [0.2, 0.25) is 0 Å². The number of anilines is 1. The predicted molar refractivity (Wildman–Crippen MR) is 90.2 cm³/mol. The van der Waals surface area contributed by atoms with E-state index < -0.39 is 6.04 Å². The van der Waals surface area contributed by atoms with Crippen LogP contribution in [0.1, 0.15) is 6.92 Å². The maximum Gasteiger partial charge on any atom is 0.243 e. The molecule has 0 saturated carbocycles. The molecule has 3 N–H and O–H groups in total. The number of morpholine rings is 1. The van der Waals surface area contributed by atoms with E-state index in [4.69, 9.17) is 4.74 Å². The van der Waals surface area contributed by atoms with Crippen LogP contribution in [0.15, 0.2) is 28.7 Å². The van der Waals surface area contributed by atoms with Crippen LogP contribution in [0.4, 0.5) is 5.69 Å². The highest BCUT2D eigenvalue weighted by molar-refractivity contribution is 9.10. The number of nitrogens with one attached hydrogen (secondary N) is 3. The van der Waals surface area contributed by atoms with Crippen molar-refractivity contribution in [3.63, 3.8) is 0 Å². The Hall–Kier alpha value is -1.15. The van der Waals surface area contributed by atoms with Crippen LogP contribution in [0, 0.1) is 0 Å². The van der Waals surface area contributed by atoms with E-state index in [-0.39, 0.29) is 36.9 Å². The van der Waals surface area contributed by atoms with Gasteiger partial charge in [-0.25, -0.2) is 0 Å². The van der Waals surface area contributed by atoms with Gasteiger partial charge in [0.25, 0.3) is 0 Å². The van der Waals surface area contributed by atoms with Gasteiger partial charge in [0, 0.05) is 16.7 Å². The molecule has 0 radical (unpaired) electrons. The minimum absolute atomic E-state index is 0. The molecule has 22 heavy (non-hydrogen) atoms. The molecule has 1 aliphatic heterocycles. The van der Waals surface area contributed by atoms with Crippen molar-refractivity contribution in [3.8, 4) is 0 Å². The molecule has 1 aromatic rings. The van der Waals surface area contributed by atoms with E-state index in [2.05, 4.69) is 31.9 Å². The zero-order valence-corrected chi connectivity index (χ0v) is 14.5. The largest absolute Gasteiger partial charge is 0.375 e. The third-order valence-electron chi connectivity index (χ3n) is 3.15. The van der Waals surface area contributed by atoms with Gasteiger partial charge in [0.15, 0.2) is 0 Å². The SMILES string of the molecule is C[C@H]1OCCN[C@@H]1C(=O)NCC(=O)Nc1ccc(Br)cc1.Cl. The molecule has 1 aliphatic rings. The number of rotatable bonds is 4. The number of amides is 2. The third kappa shape index (κ3) is 5.57. The van der Waals surface area contributed by atoms with Crippen LogP contribution in [0.25, 0.3) is 0 Å². The Balaban J connectivity index is 0.00000242. The summed E-state index contributed by atoms with van der Waals surface area (Å²) in [5, 5.41) is 8.40. The molecule has 1 saturated heterocycles. The lowest BCUT2D eigenvalue weighted by molar-refractivity contribution is -0.130. The number of ether oxygens (including phenoxy) is 1. The summed E-state index contributed by atoms with van der Waals surface area (Å²) in [7, 11) is 0. The minimum Gasteiger partial charge on any atom is -0.375 e. The number of hydrogen-bond donors (Lipinski definition) is 3. The summed E-state index contributed by atoms with van der Waals surface area (Å²) in [5.74, 6) is -0.497. The molecule has 6 nitrogen and oxygen atoms in total. The molecular weight excluding hydrogens is 374 g/mol. The normalized spacial score (nSPS) is 20.6. The number of halogens is 2. The molecule has 8 heteroatoms. The first-order valence-electron chi connectivity index (χ1n) is 6.74. The summed E-state index contributed by atoms with van der Waals surface area (Å²) < 4.78 is 6.33. The molecule has 0 bridgehead atoms. The summed E-state index contributed by atoms with van der Waals surface area (Å²) in [4.78, 5) is 23.7. The van der Waals surface area contributed by atoms with Gasteiger partial charge in [-0.15, -0.1) is 12.4 Å². The van der Waals surface area contributed by atoms with Gasteiger partial charge in [0.05, 0.1) is 19.3 Å².